The molecule has 0 saturated carbocycles. The molecule has 0 aliphatic heterocycles. The van der Waals surface area contributed by atoms with Gasteiger partial charge in [-0.05, 0) is 51.4 Å². The van der Waals surface area contributed by atoms with E-state index in [2.05, 4.69) is 62.5 Å². The molecule has 1 unspecified atom stereocenters. The minimum Gasteiger partial charge on any atom is -0.462 e. The highest BCUT2D eigenvalue weighted by atomic mass is 16.6. The highest BCUT2D eigenvalue weighted by Crippen LogP contribution is 2.18. The number of unbranched alkanes of at least 4 members (excludes halogenated alkanes) is 43. The van der Waals surface area contributed by atoms with Gasteiger partial charge in [0, 0.05) is 12.8 Å². The van der Waals surface area contributed by atoms with Crippen LogP contribution in [0.2, 0.25) is 0 Å². The molecule has 0 aromatic rings. The van der Waals surface area contributed by atoms with E-state index in [9.17, 15) is 14.7 Å². The van der Waals surface area contributed by atoms with Crippen LogP contribution in [0, 0.1) is 0 Å². The number of hydrogen-bond donors (Lipinski definition) is 1. The molecule has 1 atom stereocenters. The predicted octanol–water partition coefficient (Wildman–Crippen LogP) is 21.6. The third-order valence-corrected chi connectivity index (χ3v) is 14.4. The van der Waals surface area contributed by atoms with Crippen molar-refractivity contribution in [3.63, 3.8) is 0 Å². The van der Waals surface area contributed by atoms with Crippen LogP contribution in [0.25, 0.3) is 0 Å². The minimum absolute atomic E-state index is 0.0694. The number of esters is 2. The predicted molar refractivity (Wildman–Crippen MR) is 311 cm³/mol. The Labute approximate surface area is 443 Å². The monoisotopic (exact) mass is 995 g/mol. The van der Waals surface area contributed by atoms with Gasteiger partial charge >= 0.3 is 11.9 Å². The Kier molecular flexibility index (Phi) is 60.3. The van der Waals surface area contributed by atoms with Gasteiger partial charge in [-0.2, -0.15) is 0 Å². The van der Waals surface area contributed by atoms with Crippen LogP contribution in [0.4, 0.5) is 0 Å². The number of ether oxygens (including phenoxy) is 2. The first-order chi connectivity index (χ1) is 35.1. The van der Waals surface area contributed by atoms with E-state index < -0.39 is 6.10 Å². The van der Waals surface area contributed by atoms with Crippen molar-refractivity contribution >= 4 is 11.9 Å². The fraction of sp³-hybridized carbons (Fsp3) is 0.848. The van der Waals surface area contributed by atoms with Crippen LogP contribution in [-0.2, 0) is 19.1 Å². The molecule has 0 aliphatic rings. The van der Waals surface area contributed by atoms with Gasteiger partial charge in [0.25, 0.3) is 0 Å². The molecule has 0 rings (SSSR count). The molecule has 5 heteroatoms. The Balaban J connectivity index is 3.38. The fourth-order valence-corrected chi connectivity index (χ4v) is 9.67. The van der Waals surface area contributed by atoms with Crippen LogP contribution >= 0.6 is 0 Å². The van der Waals surface area contributed by atoms with Crippen LogP contribution in [-0.4, -0.2) is 36.4 Å². The SMILES string of the molecule is CC/C=C\C/C=C\C/C=C\C/C=C\CCCCCCCCC(=O)OC(CO)COC(=O)CCCCCCCCCCCCCCCCCCCCCCCCCCCCCCCCCCCCCCCC. The first kappa shape index (κ1) is 68.9. The number of carbonyl (C=O) groups is 2. The molecule has 0 heterocycles. The Morgan fingerprint density at radius 3 is 0.915 bits per heavy atom. The van der Waals surface area contributed by atoms with Crippen molar-refractivity contribution in [1.82, 2.24) is 0 Å². The van der Waals surface area contributed by atoms with Crippen LogP contribution in [0.5, 0.6) is 0 Å². The van der Waals surface area contributed by atoms with E-state index in [1.165, 1.54) is 244 Å². The maximum absolute atomic E-state index is 12.3. The first-order valence-corrected chi connectivity index (χ1v) is 31.7. The molecule has 71 heavy (non-hydrogen) atoms. The quantitative estimate of drug-likeness (QED) is 0.0373. The largest absolute Gasteiger partial charge is 0.462 e. The highest BCUT2D eigenvalue weighted by molar-refractivity contribution is 5.70. The lowest BCUT2D eigenvalue weighted by atomic mass is 10.0. The zero-order valence-corrected chi connectivity index (χ0v) is 47.8. The maximum atomic E-state index is 12.3. The Hall–Kier alpha value is -2.14. The van der Waals surface area contributed by atoms with Gasteiger partial charge in [0.2, 0.25) is 0 Å². The summed E-state index contributed by atoms with van der Waals surface area (Å²) in [5, 5.41) is 9.65. The van der Waals surface area contributed by atoms with Gasteiger partial charge in [-0.25, -0.2) is 0 Å². The van der Waals surface area contributed by atoms with Gasteiger partial charge < -0.3 is 14.6 Å². The number of aliphatic hydroxyl groups is 1. The molecule has 0 amide bonds. The van der Waals surface area contributed by atoms with Crippen molar-refractivity contribution < 1.29 is 24.2 Å². The summed E-state index contributed by atoms with van der Waals surface area (Å²) in [7, 11) is 0. The molecule has 0 aromatic heterocycles. The zero-order valence-electron chi connectivity index (χ0n) is 47.8. The lowest BCUT2D eigenvalue weighted by Gasteiger charge is -2.15. The summed E-state index contributed by atoms with van der Waals surface area (Å²) in [5.74, 6) is -0.593. The normalized spacial score (nSPS) is 12.4. The van der Waals surface area contributed by atoms with Crippen molar-refractivity contribution in [2.75, 3.05) is 13.2 Å². The van der Waals surface area contributed by atoms with Crippen molar-refractivity contribution in [1.29, 1.82) is 0 Å². The molecule has 0 aromatic carbocycles. The standard InChI is InChI=1S/C66H122O5/c1-3-5-7-9-11-13-15-17-19-21-23-24-25-26-27-28-29-30-31-32-33-34-35-36-37-38-39-40-41-43-44-46-48-50-52-54-56-58-60-65(68)70-63-64(62-67)71-66(69)61-59-57-55-53-51-49-47-45-42-22-20-18-16-14-12-10-8-6-4-2/h6,8,12,14,18,20,42,45,64,67H,3-5,7,9-11,13,15-17,19,21-41,43-44,46-63H2,1-2H3/b8-6-,14-12-,20-18-,45-42-. The van der Waals surface area contributed by atoms with Crippen molar-refractivity contribution in [3.05, 3.63) is 48.6 Å². The lowest BCUT2D eigenvalue weighted by molar-refractivity contribution is -0.161. The van der Waals surface area contributed by atoms with Crippen molar-refractivity contribution in [2.24, 2.45) is 0 Å². The summed E-state index contributed by atoms with van der Waals surface area (Å²) in [5.41, 5.74) is 0. The lowest BCUT2D eigenvalue weighted by Crippen LogP contribution is -2.28. The van der Waals surface area contributed by atoms with Gasteiger partial charge in [0.05, 0.1) is 6.61 Å². The summed E-state index contributed by atoms with van der Waals surface area (Å²) in [6, 6.07) is 0. The van der Waals surface area contributed by atoms with E-state index >= 15 is 0 Å². The molecule has 0 fully saturated rings. The van der Waals surface area contributed by atoms with E-state index in [-0.39, 0.29) is 25.2 Å². The third kappa shape index (κ3) is 60.3. The van der Waals surface area contributed by atoms with E-state index in [4.69, 9.17) is 9.47 Å². The zero-order chi connectivity index (χ0) is 51.3. The number of rotatable bonds is 59. The third-order valence-electron chi connectivity index (χ3n) is 14.4. The molecule has 0 spiro atoms. The summed E-state index contributed by atoms with van der Waals surface area (Å²) >= 11 is 0. The van der Waals surface area contributed by atoms with Gasteiger partial charge in [-0.3, -0.25) is 9.59 Å². The van der Waals surface area contributed by atoms with Gasteiger partial charge in [-0.1, -0.05) is 326 Å². The van der Waals surface area contributed by atoms with E-state index in [1.54, 1.807) is 0 Å². The van der Waals surface area contributed by atoms with Crippen molar-refractivity contribution in [3.8, 4) is 0 Å². The van der Waals surface area contributed by atoms with Crippen LogP contribution < -0.4 is 0 Å². The Morgan fingerprint density at radius 2 is 0.606 bits per heavy atom. The number of aliphatic hydroxyl groups excluding tert-OH is 1. The Morgan fingerprint density at radius 1 is 0.338 bits per heavy atom. The molecule has 0 radical (unpaired) electrons. The van der Waals surface area contributed by atoms with Gasteiger partial charge in [-0.15, -0.1) is 0 Å². The molecule has 0 bridgehead atoms. The molecule has 1 N–H and O–H groups in total. The van der Waals surface area contributed by atoms with E-state index in [1.807, 2.05) is 0 Å². The van der Waals surface area contributed by atoms with Gasteiger partial charge in [0.1, 0.15) is 6.61 Å². The fourth-order valence-electron chi connectivity index (χ4n) is 9.67. The molecule has 0 saturated heterocycles. The topological polar surface area (TPSA) is 72.8 Å². The van der Waals surface area contributed by atoms with Crippen LogP contribution in [0.3, 0.4) is 0 Å². The second-order valence-corrected chi connectivity index (χ2v) is 21.5. The summed E-state index contributed by atoms with van der Waals surface area (Å²) in [6.45, 7) is 4.06. The maximum Gasteiger partial charge on any atom is 0.306 e. The summed E-state index contributed by atoms with van der Waals surface area (Å²) in [4.78, 5) is 24.5. The molecule has 0 aliphatic carbocycles. The van der Waals surface area contributed by atoms with Crippen LogP contribution in [0.1, 0.15) is 341 Å². The minimum atomic E-state index is -0.780. The van der Waals surface area contributed by atoms with Gasteiger partial charge in [0.15, 0.2) is 6.10 Å². The molecule has 416 valence electrons. The molecule has 5 nitrogen and oxygen atoms in total. The average molecular weight is 996 g/mol. The second kappa shape index (κ2) is 62.2. The Bertz CT molecular complexity index is 1170. The number of hydrogen-bond acceptors (Lipinski definition) is 5. The number of carbonyl (C=O) groups excluding carboxylic acids is 2. The number of allylic oxidation sites excluding steroid dienone is 8. The summed E-state index contributed by atoms with van der Waals surface area (Å²) < 4.78 is 10.7. The highest BCUT2D eigenvalue weighted by Gasteiger charge is 2.16. The summed E-state index contributed by atoms with van der Waals surface area (Å²) in [6.07, 6.45) is 82.8. The molecular formula is C66H122O5. The van der Waals surface area contributed by atoms with Crippen LogP contribution in [0.15, 0.2) is 48.6 Å². The average Bonchev–Trinajstić information content (AvgIpc) is 3.37. The molecular weight excluding hydrogens is 873 g/mol. The van der Waals surface area contributed by atoms with Crippen molar-refractivity contribution in [2.45, 2.75) is 347 Å². The van der Waals surface area contributed by atoms with E-state index in [0.29, 0.717) is 12.8 Å². The first-order valence-electron chi connectivity index (χ1n) is 31.7. The second-order valence-electron chi connectivity index (χ2n) is 21.5. The smallest absolute Gasteiger partial charge is 0.306 e. The van der Waals surface area contributed by atoms with E-state index in [0.717, 1.165) is 70.6 Å².